The van der Waals surface area contributed by atoms with Gasteiger partial charge in [-0.15, -0.1) is 5.10 Å². The molecule has 0 bridgehead atoms. The number of aryl methyl sites for hydroxylation is 1. The van der Waals surface area contributed by atoms with Crippen LogP contribution in [0, 0.1) is 6.92 Å². The van der Waals surface area contributed by atoms with Crippen LogP contribution in [0.2, 0.25) is 0 Å². The number of para-hydroxylation sites is 1. The average molecular weight is 382 g/mol. The molecule has 0 saturated carbocycles. The fourth-order valence-electron chi connectivity index (χ4n) is 3.40. The lowest BCUT2D eigenvalue weighted by atomic mass is 10.0. The van der Waals surface area contributed by atoms with E-state index in [-0.39, 0.29) is 5.78 Å². The topological polar surface area (TPSA) is 59.8 Å². The molecule has 0 aliphatic rings. The molecule has 0 aliphatic heterocycles. The second kappa shape index (κ2) is 7.72. The lowest BCUT2D eigenvalue weighted by Crippen LogP contribution is -2.08. The normalized spacial score (nSPS) is 10.8. The van der Waals surface area contributed by atoms with Crippen LogP contribution in [0.15, 0.2) is 79.0 Å². The van der Waals surface area contributed by atoms with Crippen molar-refractivity contribution < 1.29 is 4.79 Å². The number of carbonyl (C=O) groups is 1. The highest BCUT2D eigenvalue weighted by molar-refractivity contribution is 6.00. The Hall–Kier alpha value is -3.73. The fraction of sp³-hybridized carbons (Fsp3) is 0.125. The highest BCUT2D eigenvalue weighted by Crippen LogP contribution is 2.24. The first-order valence-electron chi connectivity index (χ1n) is 9.48. The quantitative estimate of drug-likeness (QED) is 0.471. The molecule has 0 saturated heterocycles. The third kappa shape index (κ3) is 3.80. The Kier molecular flexibility index (Phi) is 4.96. The SMILES string of the molecule is C=C(Cc1ccccc1C)Nc1ccc(-n2nnc3ccccc32)cc1C(C)=O. The van der Waals surface area contributed by atoms with Crippen LogP contribution in [-0.4, -0.2) is 20.8 Å². The number of hydrogen-bond acceptors (Lipinski definition) is 4. The van der Waals surface area contributed by atoms with Crippen molar-refractivity contribution in [3.05, 3.63) is 95.7 Å². The molecule has 1 heterocycles. The first-order valence-corrected chi connectivity index (χ1v) is 9.48. The highest BCUT2D eigenvalue weighted by Gasteiger charge is 2.13. The van der Waals surface area contributed by atoms with E-state index in [1.54, 1.807) is 11.6 Å². The number of fused-ring (bicyclic) bond motifs is 1. The van der Waals surface area contributed by atoms with E-state index in [1.807, 2.05) is 54.6 Å². The van der Waals surface area contributed by atoms with Gasteiger partial charge in [0.05, 0.1) is 11.2 Å². The summed E-state index contributed by atoms with van der Waals surface area (Å²) in [4.78, 5) is 12.3. The lowest BCUT2D eigenvalue weighted by molar-refractivity contribution is 0.101. The number of nitrogens with one attached hydrogen (secondary N) is 1. The predicted octanol–water partition coefficient (Wildman–Crippen LogP) is 5.10. The second-order valence-electron chi connectivity index (χ2n) is 7.11. The molecule has 0 fully saturated rings. The van der Waals surface area contributed by atoms with Crippen molar-refractivity contribution >= 4 is 22.5 Å². The summed E-state index contributed by atoms with van der Waals surface area (Å²) in [6, 6.07) is 21.6. The van der Waals surface area contributed by atoms with Crippen LogP contribution in [0.4, 0.5) is 5.69 Å². The Balaban J connectivity index is 1.64. The highest BCUT2D eigenvalue weighted by atomic mass is 16.1. The largest absolute Gasteiger partial charge is 0.359 e. The van der Waals surface area contributed by atoms with Gasteiger partial charge in [-0.2, -0.15) is 0 Å². The third-order valence-corrected chi connectivity index (χ3v) is 4.96. The smallest absolute Gasteiger partial charge is 0.161 e. The number of rotatable bonds is 6. The summed E-state index contributed by atoms with van der Waals surface area (Å²) in [6.07, 6.45) is 0.694. The maximum atomic E-state index is 12.3. The molecular formula is C24H22N4O. The van der Waals surface area contributed by atoms with Crippen molar-refractivity contribution in [2.45, 2.75) is 20.3 Å². The van der Waals surface area contributed by atoms with Crippen LogP contribution in [0.5, 0.6) is 0 Å². The summed E-state index contributed by atoms with van der Waals surface area (Å²) in [5.74, 6) is -0.0255. The van der Waals surface area contributed by atoms with Crippen molar-refractivity contribution in [1.82, 2.24) is 15.0 Å². The van der Waals surface area contributed by atoms with Crippen LogP contribution >= 0.6 is 0 Å². The molecule has 144 valence electrons. The zero-order valence-corrected chi connectivity index (χ0v) is 16.5. The van der Waals surface area contributed by atoms with Gasteiger partial charge in [-0.25, -0.2) is 4.68 Å². The molecule has 29 heavy (non-hydrogen) atoms. The summed E-state index contributed by atoms with van der Waals surface area (Å²) >= 11 is 0. The number of nitrogens with zero attached hydrogens (tertiary/aromatic N) is 3. The van der Waals surface area contributed by atoms with Crippen LogP contribution in [0.25, 0.3) is 16.7 Å². The second-order valence-corrected chi connectivity index (χ2v) is 7.11. The average Bonchev–Trinajstić information content (AvgIpc) is 3.14. The minimum Gasteiger partial charge on any atom is -0.359 e. The zero-order chi connectivity index (χ0) is 20.4. The van der Waals surface area contributed by atoms with E-state index in [4.69, 9.17) is 0 Å². The van der Waals surface area contributed by atoms with Gasteiger partial charge in [0.2, 0.25) is 0 Å². The van der Waals surface area contributed by atoms with Gasteiger partial charge < -0.3 is 5.32 Å². The number of ketones is 1. The Morgan fingerprint density at radius 1 is 1.07 bits per heavy atom. The van der Waals surface area contributed by atoms with Crippen LogP contribution < -0.4 is 5.32 Å². The van der Waals surface area contributed by atoms with Gasteiger partial charge >= 0.3 is 0 Å². The first-order chi connectivity index (χ1) is 14.0. The van der Waals surface area contributed by atoms with Gasteiger partial charge in [-0.3, -0.25) is 4.79 Å². The summed E-state index contributed by atoms with van der Waals surface area (Å²) < 4.78 is 1.74. The Morgan fingerprint density at radius 3 is 2.62 bits per heavy atom. The standard InChI is InChI=1S/C24H22N4O/c1-16-8-4-5-9-19(16)14-17(2)25-22-13-12-20(15-21(22)18(3)29)28-24-11-7-6-10-23(24)26-27-28/h4-13,15,25H,2,14H2,1,3H3. The van der Waals surface area contributed by atoms with E-state index < -0.39 is 0 Å². The summed E-state index contributed by atoms with van der Waals surface area (Å²) in [7, 11) is 0. The fourth-order valence-corrected chi connectivity index (χ4v) is 3.40. The van der Waals surface area contributed by atoms with E-state index in [0.29, 0.717) is 12.0 Å². The molecule has 4 aromatic rings. The molecule has 5 nitrogen and oxygen atoms in total. The molecule has 0 spiro atoms. The molecule has 1 N–H and O–H groups in total. The van der Waals surface area contributed by atoms with Gasteiger partial charge in [0, 0.05) is 23.4 Å². The minimum atomic E-state index is -0.0255. The summed E-state index contributed by atoms with van der Waals surface area (Å²) in [5, 5.41) is 11.7. The van der Waals surface area contributed by atoms with E-state index in [9.17, 15) is 4.79 Å². The van der Waals surface area contributed by atoms with Crippen molar-refractivity contribution in [3.8, 4) is 5.69 Å². The lowest BCUT2D eigenvalue weighted by Gasteiger charge is -2.15. The van der Waals surface area contributed by atoms with E-state index in [2.05, 4.69) is 41.3 Å². The third-order valence-electron chi connectivity index (χ3n) is 4.96. The Bertz CT molecular complexity index is 1220. The monoisotopic (exact) mass is 382 g/mol. The maximum Gasteiger partial charge on any atom is 0.161 e. The van der Waals surface area contributed by atoms with Gasteiger partial charge in [-0.1, -0.05) is 48.2 Å². The zero-order valence-electron chi connectivity index (χ0n) is 16.5. The van der Waals surface area contributed by atoms with Crippen molar-refractivity contribution in [2.24, 2.45) is 0 Å². The molecule has 0 unspecified atom stereocenters. The molecule has 0 amide bonds. The van der Waals surface area contributed by atoms with Crippen LogP contribution in [0.1, 0.15) is 28.4 Å². The predicted molar refractivity (Wildman–Crippen MR) is 117 cm³/mol. The number of hydrogen-bond donors (Lipinski definition) is 1. The number of anilines is 1. The Morgan fingerprint density at radius 2 is 1.83 bits per heavy atom. The van der Waals surface area contributed by atoms with Crippen LogP contribution in [0.3, 0.4) is 0 Å². The van der Waals surface area contributed by atoms with Gasteiger partial charge in [0.1, 0.15) is 5.52 Å². The molecule has 0 atom stereocenters. The van der Waals surface area contributed by atoms with Gasteiger partial charge in [0.15, 0.2) is 5.78 Å². The van der Waals surface area contributed by atoms with E-state index in [1.165, 1.54) is 11.1 Å². The number of allylic oxidation sites excluding steroid dienone is 1. The van der Waals surface area contributed by atoms with E-state index in [0.717, 1.165) is 28.1 Å². The molecular weight excluding hydrogens is 360 g/mol. The number of carbonyl (C=O) groups excluding carboxylic acids is 1. The molecule has 4 rings (SSSR count). The van der Waals surface area contributed by atoms with E-state index >= 15 is 0 Å². The molecule has 1 aromatic heterocycles. The molecule has 0 aliphatic carbocycles. The summed E-state index contributed by atoms with van der Waals surface area (Å²) in [5.41, 5.74) is 7.09. The van der Waals surface area contributed by atoms with Crippen LogP contribution in [-0.2, 0) is 6.42 Å². The first kappa shape index (κ1) is 18.6. The van der Waals surface area contributed by atoms with Gasteiger partial charge in [-0.05, 0) is 55.3 Å². The molecule has 5 heteroatoms. The molecule has 3 aromatic carbocycles. The van der Waals surface area contributed by atoms with Gasteiger partial charge in [0.25, 0.3) is 0 Å². The van der Waals surface area contributed by atoms with Crippen molar-refractivity contribution in [3.63, 3.8) is 0 Å². The number of Topliss-reactive ketones (excluding diaryl/α,β-unsaturated/α-hetero) is 1. The summed E-state index contributed by atoms with van der Waals surface area (Å²) in [6.45, 7) is 7.80. The Labute approximate surface area is 169 Å². The maximum absolute atomic E-state index is 12.3. The minimum absolute atomic E-state index is 0.0255. The van der Waals surface area contributed by atoms with Crippen molar-refractivity contribution in [2.75, 3.05) is 5.32 Å². The molecule has 0 radical (unpaired) electrons. The number of aromatic nitrogens is 3. The number of benzene rings is 3. The van der Waals surface area contributed by atoms with Crippen molar-refractivity contribution in [1.29, 1.82) is 0 Å².